The molecule has 32 heavy (non-hydrogen) atoms. The Hall–Kier alpha value is -3.19. The Morgan fingerprint density at radius 1 is 1.12 bits per heavy atom. The van der Waals surface area contributed by atoms with Gasteiger partial charge in [0.1, 0.15) is 6.33 Å². The number of anilines is 1. The maximum Gasteiger partial charge on any atom is 0.254 e. The van der Waals surface area contributed by atoms with Crippen LogP contribution in [0.3, 0.4) is 0 Å². The van der Waals surface area contributed by atoms with Crippen molar-refractivity contribution in [3.63, 3.8) is 0 Å². The van der Waals surface area contributed by atoms with Gasteiger partial charge in [-0.25, -0.2) is 4.98 Å². The molecule has 7 heteroatoms. The fourth-order valence-electron chi connectivity index (χ4n) is 4.49. The summed E-state index contributed by atoms with van der Waals surface area (Å²) in [7, 11) is 0. The summed E-state index contributed by atoms with van der Waals surface area (Å²) in [5.41, 5.74) is 4.26. The summed E-state index contributed by atoms with van der Waals surface area (Å²) >= 11 is 0. The van der Waals surface area contributed by atoms with Crippen molar-refractivity contribution in [1.29, 1.82) is 0 Å². The molecule has 0 radical (unpaired) electrons. The lowest BCUT2D eigenvalue weighted by Crippen LogP contribution is -2.40. The second-order valence-corrected chi connectivity index (χ2v) is 8.77. The van der Waals surface area contributed by atoms with E-state index in [1.807, 2.05) is 28.0 Å². The van der Waals surface area contributed by atoms with E-state index >= 15 is 0 Å². The first-order chi connectivity index (χ1) is 15.6. The highest BCUT2D eigenvalue weighted by Crippen LogP contribution is 2.40. The molecule has 0 N–H and O–H groups in total. The van der Waals surface area contributed by atoms with Crippen molar-refractivity contribution in [3.8, 4) is 0 Å². The highest BCUT2D eigenvalue weighted by atomic mass is 16.5. The van der Waals surface area contributed by atoms with Crippen LogP contribution in [0.1, 0.15) is 53.1 Å². The average Bonchev–Trinajstić information content (AvgIpc) is 3.45. The van der Waals surface area contributed by atoms with Crippen LogP contribution in [0.4, 0.5) is 5.69 Å². The minimum Gasteiger partial charge on any atom is -0.378 e. The lowest BCUT2D eigenvalue weighted by atomic mass is 9.98. The van der Waals surface area contributed by atoms with Crippen molar-refractivity contribution in [1.82, 2.24) is 19.7 Å². The van der Waals surface area contributed by atoms with Gasteiger partial charge in [0.05, 0.1) is 19.1 Å². The number of amides is 1. The molecule has 3 aromatic rings. The van der Waals surface area contributed by atoms with Gasteiger partial charge in [0.2, 0.25) is 0 Å². The summed E-state index contributed by atoms with van der Waals surface area (Å²) in [5, 5.41) is 4.76. The van der Waals surface area contributed by atoms with Crippen molar-refractivity contribution in [2.24, 2.45) is 0 Å². The van der Waals surface area contributed by atoms with E-state index in [2.05, 4.69) is 60.1 Å². The van der Waals surface area contributed by atoms with E-state index in [4.69, 9.17) is 9.84 Å². The maximum absolute atomic E-state index is 13.1. The number of carbonyl (C=O) groups excluding carboxylic acids is 1. The van der Waals surface area contributed by atoms with Gasteiger partial charge in [-0.05, 0) is 43.2 Å². The molecular weight excluding hydrogens is 402 g/mol. The van der Waals surface area contributed by atoms with Crippen molar-refractivity contribution in [2.75, 3.05) is 37.7 Å². The third-order valence-electron chi connectivity index (χ3n) is 6.28. The highest BCUT2D eigenvalue weighted by Gasteiger charge is 2.33. The number of hydrogen-bond acceptors (Lipinski definition) is 5. The first-order valence-corrected chi connectivity index (χ1v) is 11.3. The second kappa shape index (κ2) is 8.74. The molecule has 0 aliphatic carbocycles. The van der Waals surface area contributed by atoms with Gasteiger partial charge >= 0.3 is 0 Å². The van der Waals surface area contributed by atoms with Crippen LogP contribution in [0.15, 0.2) is 54.9 Å². The number of carbonyl (C=O) groups is 1. The molecule has 1 atom stereocenters. The number of fused-ring (bicyclic) bond motifs is 1. The molecule has 166 valence electrons. The van der Waals surface area contributed by atoms with Gasteiger partial charge in [0.25, 0.3) is 5.91 Å². The molecule has 3 heterocycles. The van der Waals surface area contributed by atoms with E-state index in [9.17, 15) is 4.79 Å². The van der Waals surface area contributed by atoms with Crippen LogP contribution >= 0.6 is 0 Å². The summed E-state index contributed by atoms with van der Waals surface area (Å²) in [6.45, 7) is 8.28. The van der Waals surface area contributed by atoms with Crippen molar-refractivity contribution in [2.45, 2.75) is 32.4 Å². The minimum absolute atomic E-state index is 0.0335. The number of ether oxygens (including phenoxy) is 1. The average molecular weight is 432 g/mol. The van der Waals surface area contributed by atoms with Gasteiger partial charge in [-0.2, -0.15) is 5.10 Å². The molecule has 1 amide bonds. The van der Waals surface area contributed by atoms with Gasteiger partial charge in [-0.1, -0.05) is 30.3 Å². The Kier molecular flexibility index (Phi) is 5.66. The van der Waals surface area contributed by atoms with E-state index in [0.717, 1.165) is 35.7 Å². The second-order valence-electron chi connectivity index (χ2n) is 8.77. The Morgan fingerprint density at radius 3 is 2.62 bits per heavy atom. The predicted molar refractivity (Wildman–Crippen MR) is 123 cm³/mol. The number of nitrogens with zero attached hydrogens (tertiary/aromatic N) is 5. The van der Waals surface area contributed by atoms with Crippen LogP contribution in [0.2, 0.25) is 0 Å². The van der Waals surface area contributed by atoms with Crippen LogP contribution < -0.4 is 4.90 Å². The first-order valence-electron chi connectivity index (χ1n) is 11.3. The standard InChI is InChI=1S/C25H29N5O2/c1-18(2)30-17-26-24(27-30)22-16-29(15-19-6-4-3-5-7-19)23-9-8-20(14-21(22)23)25(31)28-10-12-32-13-11-28/h3-9,14,17-18,22H,10-13,15-16H2,1-2H3/t22-/m1/s1. The Bertz CT molecular complexity index is 1090. The fourth-order valence-corrected chi connectivity index (χ4v) is 4.49. The molecule has 0 bridgehead atoms. The molecule has 2 aliphatic rings. The molecule has 1 fully saturated rings. The van der Waals surface area contributed by atoms with E-state index in [1.54, 1.807) is 0 Å². The molecule has 0 unspecified atom stereocenters. The van der Waals surface area contributed by atoms with Crippen LogP contribution in [-0.4, -0.2) is 58.4 Å². The van der Waals surface area contributed by atoms with E-state index in [0.29, 0.717) is 26.3 Å². The molecule has 1 aromatic heterocycles. The Morgan fingerprint density at radius 2 is 1.91 bits per heavy atom. The summed E-state index contributed by atoms with van der Waals surface area (Å²) in [5.74, 6) is 0.912. The van der Waals surface area contributed by atoms with Gasteiger partial charge in [-0.3, -0.25) is 9.48 Å². The number of rotatable bonds is 5. The molecule has 0 saturated carbocycles. The van der Waals surface area contributed by atoms with Crippen LogP contribution in [0.5, 0.6) is 0 Å². The zero-order valence-corrected chi connectivity index (χ0v) is 18.6. The normalized spacial score (nSPS) is 18.3. The molecule has 2 aromatic carbocycles. The van der Waals surface area contributed by atoms with Gasteiger partial charge in [-0.15, -0.1) is 0 Å². The van der Waals surface area contributed by atoms with E-state index in [1.165, 1.54) is 5.56 Å². The third kappa shape index (κ3) is 4.00. The molecule has 5 rings (SSSR count). The maximum atomic E-state index is 13.1. The largest absolute Gasteiger partial charge is 0.378 e. The first kappa shape index (κ1) is 20.7. The molecule has 2 aliphatic heterocycles. The Balaban J connectivity index is 1.49. The summed E-state index contributed by atoms with van der Waals surface area (Å²) in [6, 6.07) is 16.8. The summed E-state index contributed by atoms with van der Waals surface area (Å²) < 4.78 is 7.31. The molecule has 7 nitrogen and oxygen atoms in total. The summed E-state index contributed by atoms with van der Waals surface area (Å²) in [4.78, 5) is 22.0. The number of aromatic nitrogens is 3. The predicted octanol–water partition coefficient (Wildman–Crippen LogP) is 3.48. The van der Waals surface area contributed by atoms with Crippen molar-refractivity contribution < 1.29 is 9.53 Å². The van der Waals surface area contributed by atoms with Crippen LogP contribution in [0, 0.1) is 0 Å². The highest BCUT2D eigenvalue weighted by molar-refractivity contribution is 5.95. The Labute approximate surface area is 188 Å². The number of morpholine rings is 1. The lowest BCUT2D eigenvalue weighted by Gasteiger charge is -2.27. The van der Waals surface area contributed by atoms with Gasteiger partial charge < -0.3 is 14.5 Å². The van der Waals surface area contributed by atoms with Crippen LogP contribution in [0.25, 0.3) is 0 Å². The van der Waals surface area contributed by atoms with Gasteiger partial charge in [0.15, 0.2) is 5.82 Å². The smallest absolute Gasteiger partial charge is 0.254 e. The van der Waals surface area contributed by atoms with E-state index < -0.39 is 0 Å². The zero-order valence-electron chi connectivity index (χ0n) is 18.6. The van der Waals surface area contributed by atoms with Crippen LogP contribution in [-0.2, 0) is 11.3 Å². The topological polar surface area (TPSA) is 63.5 Å². The SMILES string of the molecule is CC(C)n1cnc([C@@H]2CN(Cc3ccccc3)c3ccc(C(=O)N4CCOCC4)cc32)n1. The van der Waals surface area contributed by atoms with Gasteiger partial charge in [0, 0.05) is 43.5 Å². The monoisotopic (exact) mass is 431 g/mol. The molecule has 0 spiro atoms. The third-order valence-corrected chi connectivity index (χ3v) is 6.28. The lowest BCUT2D eigenvalue weighted by molar-refractivity contribution is 0.0303. The van der Waals surface area contributed by atoms with Crippen molar-refractivity contribution in [3.05, 3.63) is 77.4 Å². The number of benzene rings is 2. The molecular formula is C25H29N5O2. The number of hydrogen-bond donors (Lipinski definition) is 0. The van der Waals surface area contributed by atoms with Crippen molar-refractivity contribution >= 4 is 11.6 Å². The zero-order chi connectivity index (χ0) is 22.1. The molecule has 1 saturated heterocycles. The quantitative estimate of drug-likeness (QED) is 0.619. The van der Waals surface area contributed by atoms with E-state index in [-0.39, 0.29) is 17.9 Å². The summed E-state index contributed by atoms with van der Waals surface area (Å²) in [6.07, 6.45) is 1.81. The fraction of sp³-hybridized carbons (Fsp3) is 0.400. The minimum atomic E-state index is 0.0335.